The van der Waals surface area contributed by atoms with Crippen molar-refractivity contribution in [3.8, 4) is 5.75 Å². The van der Waals surface area contributed by atoms with Crippen LogP contribution in [0, 0.1) is 5.82 Å². The number of aliphatic hydroxyl groups is 1. The van der Waals surface area contributed by atoms with Crippen LogP contribution in [0.4, 0.5) is 4.39 Å². The van der Waals surface area contributed by atoms with Gasteiger partial charge in [0.25, 0.3) is 0 Å². The zero-order valence-corrected chi connectivity index (χ0v) is 6.92. The van der Waals surface area contributed by atoms with Crippen LogP contribution in [0.15, 0.2) is 12.1 Å². The summed E-state index contributed by atoms with van der Waals surface area (Å²) in [5.74, 6) is 0.173. The van der Waals surface area contributed by atoms with Crippen molar-refractivity contribution in [2.45, 2.75) is 13.2 Å². The number of hydrogen-bond acceptors (Lipinski definition) is 3. The summed E-state index contributed by atoms with van der Waals surface area (Å²) in [6.07, 6.45) is 0. The molecule has 0 spiro atoms. The van der Waals surface area contributed by atoms with E-state index in [4.69, 9.17) is 14.6 Å². The number of fused-ring (bicyclic) bond motifs is 1. The Hall–Kier alpha value is -1.13. The van der Waals surface area contributed by atoms with Crippen LogP contribution in [-0.2, 0) is 18.0 Å². The molecule has 3 nitrogen and oxygen atoms in total. The lowest BCUT2D eigenvalue weighted by molar-refractivity contribution is -0.0176. The van der Waals surface area contributed by atoms with E-state index >= 15 is 0 Å². The van der Waals surface area contributed by atoms with E-state index in [1.54, 1.807) is 6.07 Å². The van der Waals surface area contributed by atoms with Crippen LogP contribution in [0.5, 0.6) is 5.75 Å². The summed E-state index contributed by atoms with van der Waals surface area (Å²) >= 11 is 0. The standard InChI is InChI=1S/C9H9FO3/c10-8-1-2-9-7(6(8)3-11)4-12-5-13-9/h1-2,11H,3-5H2. The third kappa shape index (κ3) is 1.38. The van der Waals surface area contributed by atoms with Crippen molar-refractivity contribution in [2.75, 3.05) is 6.79 Å². The third-order valence-corrected chi connectivity index (χ3v) is 2.03. The molecule has 0 aliphatic carbocycles. The fourth-order valence-electron chi connectivity index (χ4n) is 1.36. The van der Waals surface area contributed by atoms with Crippen molar-refractivity contribution in [3.05, 3.63) is 29.1 Å². The molecular weight excluding hydrogens is 175 g/mol. The molecule has 0 bridgehead atoms. The van der Waals surface area contributed by atoms with Gasteiger partial charge in [-0.1, -0.05) is 0 Å². The van der Waals surface area contributed by atoms with Crippen molar-refractivity contribution < 1.29 is 19.0 Å². The first-order valence-corrected chi connectivity index (χ1v) is 3.94. The van der Waals surface area contributed by atoms with Gasteiger partial charge in [-0.15, -0.1) is 0 Å². The van der Waals surface area contributed by atoms with E-state index in [2.05, 4.69) is 0 Å². The van der Waals surface area contributed by atoms with E-state index in [0.717, 1.165) is 0 Å². The topological polar surface area (TPSA) is 38.7 Å². The molecule has 4 heteroatoms. The summed E-state index contributed by atoms with van der Waals surface area (Å²) in [6, 6.07) is 2.84. The number of hydrogen-bond donors (Lipinski definition) is 1. The molecule has 1 aromatic rings. The van der Waals surface area contributed by atoms with Crippen molar-refractivity contribution >= 4 is 0 Å². The van der Waals surface area contributed by atoms with Gasteiger partial charge in [0.15, 0.2) is 6.79 Å². The minimum absolute atomic E-state index is 0.184. The predicted octanol–water partition coefficient (Wildman–Crippen LogP) is 1.18. The van der Waals surface area contributed by atoms with E-state index in [-0.39, 0.29) is 19.0 Å². The van der Waals surface area contributed by atoms with Gasteiger partial charge in [0.05, 0.1) is 13.2 Å². The maximum absolute atomic E-state index is 13.1. The first-order valence-electron chi connectivity index (χ1n) is 3.94. The van der Waals surface area contributed by atoms with E-state index in [1.807, 2.05) is 0 Å². The second-order valence-electron chi connectivity index (χ2n) is 2.77. The fraction of sp³-hybridized carbons (Fsp3) is 0.333. The number of ether oxygens (including phenoxy) is 2. The predicted molar refractivity (Wildman–Crippen MR) is 42.6 cm³/mol. The molecule has 0 amide bonds. The minimum Gasteiger partial charge on any atom is -0.467 e. The Balaban J connectivity index is 2.52. The van der Waals surface area contributed by atoms with Crippen LogP contribution in [-0.4, -0.2) is 11.9 Å². The van der Waals surface area contributed by atoms with E-state index < -0.39 is 5.82 Å². The van der Waals surface area contributed by atoms with Crippen LogP contribution in [0.25, 0.3) is 0 Å². The maximum atomic E-state index is 13.1. The minimum atomic E-state index is -0.421. The summed E-state index contributed by atoms with van der Waals surface area (Å²) < 4.78 is 23.2. The first-order chi connectivity index (χ1) is 6.33. The fourth-order valence-corrected chi connectivity index (χ4v) is 1.36. The highest BCUT2D eigenvalue weighted by atomic mass is 19.1. The van der Waals surface area contributed by atoms with Gasteiger partial charge in [-0.25, -0.2) is 4.39 Å². The van der Waals surface area contributed by atoms with Gasteiger partial charge in [0.2, 0.25) is 0 Å². The Kier molecular flexibility index (Phi) is 2.16. The Morgan fingerprint density at radius 2 is 2.31 bits per heavy atom. The van der Waals surface area contributed by atoms with Gasteiger partial charge in [0, 0.05) is 11.1 Å². The zero-order chi connectivity index (χ0) is 9.26. The molecule has 2 rings (SSSR count). The highest BCUT2D eigenvalue weighted by Crippen LogP contribution is 2.28. The van der Waals surface area contributed by atoms with Crippen LogP contribution in [0.1, 0.15) is 11.1 Å². The summed E-state index contributed by atoms with van der Waals surface area (Å²) in [4.78, 5) is 0. The molecule has 70 valence electrons. The number of aliphatic hydroxyl groups excluding tert-OH is 1. The van der Waals surface area contributed by atoms with Crippen molar-refractivity contribution in [1.82, 2.24) is 0 Å². The Labute approximate surface area is 74.7 Å². The maximum Gasteiger partial charge on any atom is 0.189 e. The number of rotatable bonds is 1. The third-order valence-electron chi connectivity index (χ3n) is 2.03. The largest absolute Gasteiger partial charge is 0.467 e. The highest BCUT2D eigenvalue weighted by molar-refractivity contribution is 5.41. The van der Waals surface area contributed by atoms with Gasteiger partial charge < -0.3 is 14.6 Å². The average molecular weight is 184 g/mol. The van der Waals surface area contributed by atoms with Crippen LogP contribution < -0.4 is 4.74 Å². The zero-order valence-electron chi connectivity index (χ0n) is 6.92. The quantitative estimate of drug-likeness (QED) is 0.712. The molecule has 1 aliphatic rings. The molecule has 1 heterocycles. The van der Waals surface area contributed by atoms with Crippen LogP contribution in [0.3, 0.4) is 0 Å². The molecule has 0 aromatic heterocycles. The number of benzene rings is 1. The lowest BCUT2D eigenvalue weighted by Crippen LogP contribution is -2.14. The van der Waals surface area contributed by atoms with E-state index in [1.165, 1.54) is 6.07 Å². The average Bonchev–Trinajstić information content (AvgIpc) is 2.18. The molecule has 0 atom stereocenters. The lowest BCUT2D eigenvalue weighted by atomic mass is 10.1. The monoisotopic (exact) mass is 184 g/mol. The van der Waals surface area contributed by atoms with Crippen molar-refractivity contribution in [3.63, 3.8) is 0 Å². The van der Waals surface area contributed by atoms with Crippen LogP contribution in [0.2, 0.25) is 0 Å². The van der Waals surface area contributed by atoms with Crippen LogP contribution >= 0.6 is 0 Å². The lowest BCUT2D eigenvalue weighted by Gasteiger charge is -2.19. The van der Waals surface area contributed by atoms with E-state index in [0.29, 0.717) is 17.9 Å². The number of halogens is 1. The molecule has 1 aromatic carbocycles. The second kappa shape index (κ2) is 3.32. The van der Waals surface area contributed by atoms with Crippen molar-refractivity contribution in [2.24, 2.45) is 0 Å². The molecule has 0 saturated carbocycles. The van der Waals surface area contributed by atoms with Crippen molar-refractivity contribution in [1.29, 1.82) is 0 Å². The molecule has 0 radical (unpaired) electrons. The molecule has 13 heavy (non-hydrogen) atoms. The SMILES string of the molecule is OCc1c(F)ccc2c1COCO2. The summed E-state index contributed by atoms with van der Waals surface area (Å²) in [6.45, 7) is 0.147. The molecule has 0 saturated heterocycles. The molecular formula is C9H9FO3. The Bertz CT molecular complexity index is 325. The summed E-state index contributed by atoms with van der Waals surface area (Å²) in [5.41, 5.74) is 0.867. The van der Waals surface area contributed by atoms with Gasteiger partial charge in [-0.2, -0.15) is 0 Å². The molecule has 1 aliphatic heterocycles. The van der Waals surface area contributed by atoms with Gasteiger partial charge in [-0.3, -0.25) is 0 Å². The highest BCUT2D eigenvalue weighted by Gasteiger charge is 2.17. The summed E-state index contributed by atoms with van der Waals surface area (Å²) in [5, 5.41) is 8.92. The van der Waals surface area contributed by atoms with E-state index in [9.17, 15) is 4.39 Å². The molecule has 0 unspecified atom stereocenters. The Morgan fingerprint density at radius 3 is 3.08 bits per heavy atom. The normalized spacial score (nSPS) is 14.9. The summed E-state index contributed by atoms with van der Waals surface area (Å²) in [7, 11) is 0. The second-order valence-corrected chi connectivity index (χ2v) is 2.77. The molecule has 1 N–H and O–H groups in total. The first kappa shape index (κ1) is 8.47. The molecule has 0 fully saturated rings. The van der Waals surface area contributed by atoms with Gasteiger partial charge in [0.1, 0.15) is 11.6 Å². The van der Waals surface area contributed by atoms with Gasteiger partial charge >= 0.3 is 0 Å². The Morgan fingerprint density at radius 1 is 1.46 bits per heavy atom. The smallest absolute Gasteiger partial charge is 0.189 e. The van der Waals surface area contributed by atoms with Gasteiger partial charge in [-0.05, 0) is 12.1 Å².